The highest BCUT2D eigenvalue weighted by atomic mass is 32.2. The molecule has 0 aliphatic carbocycles. The summed E-state index contributed by atoms with van der Waals surface area (Å²) in [4.78, 5) is 12.2. The maximum absolute atomic E-state index is 12.5. The van der Waals surface area contributed by atoms with Gasteiger partial charge >= 0.3 is 6.18 Å². The van der Waals surface area contributed by atoms with Crippen LogP contribution in [0.25, 0.3) is 0 Å². The topological polar surface area (TPSA) is 40.5 Å². The third kappa shape index (κ3) is 2.08. The van der Waals surface area contributed by atoms with Gasteiger partial charge in [0.05, 0.1) is 16.0 Å². The van der Waals surface area contributed by atoms with Gasteiger partial charge in [0.25, 0.3) is 5.91 Å². The summed E-state index contributed by atoms with van der Waals surface area (Å²) < 4.78 is 36.7. The number of rotatable bonds is 0. The van der Waals surface area contributed by atoms with Crippen molar-refractivity contribution in [2.45, 2.75) is 29.7 Å². The van der Waals surface area contributed by atoms with Crippen LogP contribution >= 0.6 is 11.8 Å². The van der Waals surface area contributed by atoms with Gasteiger partial charge < -0.3 is 0 Å². The van der Waals surface area contributed by atoms with Crippen LogP contribution < -0.4 is 5.06 Å². The van der Waals surface area contributed by atoms with E-state index in [1.807, 2.05) is 0 Å². The number of amides is 1. The summed E-state index contributed by atoms with van der Waals surface area (Å²) >= 11 is 1.13. The maximum atomic E-state index is 12.5. The summed E-state index contributed by atoms with van der Waals surface area (Å²) in [5.41, 5.74) is -1.02. The van der Waals surface area contributed by atoms with Gasteiger partial charge in [-0.3, -0.25) is 10.0 Å². The van der Waals surface area contributed by atoms with Crippen molar-refractivity contribution in [2.75, 3.05) is 5.06 Å². The van der Waals surface area contributed by atoms with Crippen LogP contribution in [0.15, 0.2) is 23.1 Å². The van der Waals surface area contributed by atoms with Crippen molar-refractivity contribution in [3.63, 3.8) is 0 Å². The van der Waals surface area contributed by atoms with Crippen LogP contribution in [0.1, 0.15) is 19.4 Å². The fourth-order valence-corrected chi connectivity index (χ4v) is 2.74. The number of halogens is 3. The molecule has 0 radical (unpaired) electrons. The number of hydrogen-bond acceptors (Lipinski definition) is 3. The SMILES string of the molecule is CC1(C)Sc2ccc(C(F)(F)F)cc2N(O)C1=O. The summed E-state index contributed by atoms with van der Waals surface area (Å²) in [6, 6.07) is 2.97. The largest absolute Gasteiger partial charge is 0.416 e. The molecule has 1 aliphatic rings. The molecule has 2 rings (SSSR count). The van der Waals surface area contributed by atoms with E-state index < -0.39 is 22.4 Å². The van der Waals surface area contributed by atoms with E-state index in [-0.39, 0.29) is 5.69 Å². The van der Waals surface area contributed by atoms with Gasteiger partial charge in [0.2, 0.25) is 0 Å². The number of thioether (sulfide) groups is 1. The zero-order valence-electron chi connectivity index (χ0n) is 9.58. The Morgan fingerprint density at radius 1 is 1.33 bits per heavy atom. The van der Waals surface area contributed by atoms with Crippen molar-refractivity contribution in [3.8, 4) is 0 Å². The number of nitrogens with zero attached hydrogens (tertiary/aromatic N) is 1. The van der Waals surface area contributed by atoms with Crippen LogP contribution in [-0.4, -0.2) is 15.9 Å². The van der Waals surface area contributed by atoms with E-state index in [0.29, 0.717) is 9.96 Å². The molecule has 18 heavy (non-hydrogen) atoms. The average molecular weight is 277 g/mol. The molecule has 0 fully saturated rings. The van der Waals surface area contributed by atoms with Crippen LogP contribution in [0.5, 0.6) is 0 Å². The van der Waals surface area contributed by atoms with Gasteiger partial charge in [-0.15, -0.1) is 11.8 Å². The number of carbonyl (C=O) groups is 1. The summed E-state index contributed by atoms with van der Waals surface area (Å²) in [6.45, 7) is 3.20. The van der Waals surface area contributed by atoms with E-state index in [9.17, 15) is 23.2 Å². The molecule has 0 aromatic heterocycles. The lowest BCUT2D eigenvalue weighted by Crippen LogP contribution is -2.44. The fraction of sp³-hybridized carbons (Fsp3) is 0.364. The van der Waals surface area contributed by atoms with E-state index >= 15 is 0 Å². The van der Waals surface area contributed by atoms with Gasteiger partial charge in [0, 0.05) is 4.90 Å². The Bertz CT molecular complexity index is 514. The molecule has 1 N–H and O–H groups in total. The fourth-order valence-electron chi connectivity index (χ4n) is 1.63. The molecule has 0 saturated heterocycles. The van der Waals surface area contributed by atoms with E-state index in [1.165, 1.54) is 6.07 Å². The molecule has 1 aromatic rings. The highest BCUT2D eigenvalue weighted by Gasteiger charge is 2.41. The first-order valence-corrected chi connectivity index (χ1v) is 5.88. The normalized spacial score (nSPS) is 18.8. The second kappa shape index (κ2) is 3.89. The Morgan fingerprint density at radius 3 is 2.50 bits per heavy atom. The summed E-state index contributed by atoms with van der Waals surface area (Å²) in [5.74, 6) is -0.640. The molecule has 0 atom stereocenters. The minimum absolute atomic E-state index is 0.126. The lowest BCUT2D eigenvalue weighted by atomic mass is 10.1. The minimum atomic E-state index is -4.50. The number of hydroxylamine groups is 1. The van der Waals surface area contributed by atoms with Crippen molar-refractivity contribution in [1.29, 1.82) is 0 Å². The van der Waals surface area contributed by atoms with Gasteiger partial charge in [0.15, 0.2) is 0 Å². The van der Waals surface area contributed by atoms with Crippen LogP contribution in [0.3, 0.4) is 0 Å². The monoisotopic (exact) mass is 277 g/mol. The second-order valence-corrected chi connectivity index (χ2v) is 6.07. The number of anilines is 1. The summed E-state index contributed by atoms with van der Waals surface area (Å²) in [6.07, 6.45) is -4.50. The molecule has 1 amide bonds. The van der Waals surface area contributed by atoms with Gasteiger partial charge in [0.1, 0.15) is 0 Å². The van der Waals surface area contributed by atoms with Gasteiger partial charge in [-0.2, -0.15) is 18.2 Å². The van der Waals surface area contributed by atoms with Crippen molar-refractivity contribution in [3.05, 3.63) is 23.8 Å². The standard InChI is InChI=1S/C11H10F3NO2S/c1-10(2)9(16)15(17)7-5-6(11(12,13)14)3-4-8(7)18-10/h3-5,17H,1-2H3. The van der Waals surface area contributed by atoms with Gasteiger partial charge in [-0.25, -0.2) is 0 Å². The smallest absolute Gasteiger partial charge is 0.281 e. The Labute approximate surface area is 106 Å². The molecule has 98 valence electrons. The zero-order valence-corrected chi connectivity index (χ0v) is 10.4. The Kier molecular flexibility index (Phi) is 2.86. The first-order valence-electron chi connectivity index (χ1n) is 5.06. The number of fused-ring (bicyclic) bond motifs is 1. The molecule has 0 saturated carbocycles. The first-order chi connectivity index (χ1) is 8.13. The number of benzene rings is 1. The van der Waals surface area contributed by atoms with E-state index in [2.05, 4.69) is 0 Å². The Morgan fingerprint density at radius 2 is 1.94 bits per heavy atom. The third-order valence-corrected chi connectivity index (χ3v) is 3.84. The highest BCUT2D eigenvalue weighted by molar-refractivity contribution is 8.01. The molecule has 7 heteroatoms. The Balaban J connectivity index is 2.53. The summed E-state index contributed by atoms with van der Waals surface area (Å²) in [5, 5.41) is 9.95. The van der Waals surface area contributed by atoms with Gasteiger partial charge in [-0.1, -0.05) is 0 Å². The molecule has 1 heterocycles. The van der Waals surface area contributed by atoms with Crippen LogP contribution in [0, 0.1) is 0 Å². The number of alkyl halides is 3. The molecule has 0 unspecified atom stereocenters. The lowest BCUT2D eigenvalue weighted by Gasteiger charge is -2.34. The Hall–Kier alpha value is -1.21. The molecule has 0 bridgehead atoms. The molecule has 3 nitrogen and oxygen atoms in total. The van der Waals surface area contributed by atoms with Gasteiger partial charge in [-0.05, 0) is 32.0 Å². The molecular formula is C11H10F3NO2S. The predicted octanol–water partition coefficient (Wildman–Crippen LogP) is 3.31. The molecular weight excluding hydrogens is 267 g/mol. The number of carbonyl (C=O) groups excluding carboxylic acids is 1. The third-order valence-electron chi connectivity index (χ3n) is 2.59. The van der Waals surface area contributed by atoms with Crippen molar-refractivity contribution >= 4 is 23.4 Å². The van der Waals surface area contributed by atoms with E-state index in [4.69, 9.17) is 0 Å². The highest BCUT2D eigenvalue weighted by Crippen LogP contribution is 2.46. The van der Waals surface area contributed by atoms with Crippen molar-refractivity contribution in [1.82, 2.24) is 0 Å². The summed E-state index contributed by atoms with van der Waals surface area (Å²) in [7, 11) is 0. The second-order valence-electron chi connectivity index (χ2n) is 4.41. The van der Waals surface area contributed by atoms with Crippen molar-refractivity contribution < 1.29 is 23.2 Å². The van der Waals surface area contributed by atoms with E-state index in [0.717, 1.165) is 23.9 Å². The zero-order chi connectivity index (χ0) is 13.7. The van der Waals surface area contributed by atoms with Crippen molar-refractivity contribution in [2.24, 2.45) is 0 Å². The van der Waals surface area contributed by atoms with Crippen LogP contribution in [-0.2, 0) is 11.0 Å². The van der Waals surface area contributed by atoms with Crippen LogP contribution in [0.2, 0.25) is 0 Å². The first kappa shape index (κ1) is 13.2. The lowest BCUT2D eigenvalue weighted by molar-refractivity contribution is -0.137. The molecule has 1 aliphatic heterocycles. The number of hydrogen-bond donors (Lipinski definition) is 1. The average Bonchev–Trinajstić information content (AvgIpc) is 2.24. The maximum Gasteiger partial charge on any atom is 0.416 e. The predicted molar refractivity (Wildman–Crippen MR) is 60.7 cm³/mol. The van der Waals surface area contributed by atoms with Crippen LogP contribution in [0.4, 0.5) is 18.9 Å². The van der Waals surface area contributed by atoms with E-state index in [1.54, 1.807) is 13.8 Å². The quantitative estimate of drug-likeness (QED) is 0.740. The minimum Gasteiger partial charge on any atom is -0.281 e. The molecule has 1 aromatic carbocycles. The molecule has 0 spiro atoms.